The van der Waals surface area contributed by atoms with Gasteiger partial charge in [0.05, 0.1) is 59.4 Å². The van der Waals surface area contributed by atoms with Crippen LogP contribution < -0.4 is 20.1 Å². The standard InChI is InChI=1S/C30H34N4O6S2/c1-17(15-37-3)33-29(35)21-13-23(39-5)27(25-19(21)9-7-11-31-25)41-42-28-24(40-6)14-22(20-10-8-12-32-26(20)28)30(36)34-18(2)16-38-4/h7-14,17-18H,15-16H2,1-6H3,(H,33,35)(H,34,36). The Hall–Kier alpha value is -3.58. The van der Waals surface area contributed by atoms with Crippen molar-refractivity contribution < 1.29 is 28.5 Å². The maximum absolute atomic E-state index is 13.2. The molecule has 0 fully saturated rings. The van der Waals surface area contributed by atoms with E-state index in [1.165, 1.54) is 21.6 Å². The Morgan fingerprint density at radius 2 is 1.14 bits per heavy atom. The summed E-state index contributed by atoms with van der Waals surface area (Å²) in [5.41, 5.74) is 2.15. The zero-order valence-electron chi connectivity index (χ0n) is 24.3. The van der Waals surface area contributed by atoms with Gasteiger partial charge in [-0.2, -0.15) is 0 Å². The monoisotopic (exact) mass is 610 g/mol. The van der Waals surface area contributed by atoms with E-state index < -0.39 is 0 Å². The number of benzene rings is 2. The molecule has 12 heteroatoms. The van der Waals surface area contributed by atoms with Gasteiger partial charge in [-0.1, -0.05) is 12.1 Å². The Morgan fingerprint density at radius 1 is 0.738 bits per heavy atom. The van der Waals surface area contributed by atoms with E-state index in [-0.39, 0.29) is 23.9 Å². The first-order valence-corrected chi connectivity index (χ1v) is 15.3. The van der Waals surface area contributed by atoms with Crippen LogP contribution in [0.25, 0.3) is 21.8 Å². The largest absolute Gasteiger partial charge is 0.495 e. The third-order valence-corrected chi connectivity index (χ3v) is 8.81. The second-order valence-electron chi connectivity index (χ2n) is 9.54. The molecule has 42 heavy (non-hydrogen) atoms. The number of hydrogen-bond donors (Lipinski definition) is 2. The number of methoxy groups -OCH3 is 4. The Bertz CT molecular complexity index is 1470. The maximum atomic E-state index is 13.2. The highest BCUT2D eigenvalue weighted by molar-refractivity contribution is 8.76. The molecule has 222 valence electrons. The van der Waals surface area contributed by atoms with Crippen molar-refractivity contribution in [2.45, 2.75) is 35.7 Å². The van der Waals surface area contributed by atoms with E-state index in [1.807, 2.05) is 26.0 Å². The lowest BCUT2D eigenvalue weighted by Crippen LogP contribution is -2.35. The Balaban J connectivity index is 1.74. The van der Waals surface area contributed by atoms with E-state index in [4.69, 9.17) is 18.9 Å². The molecule has 0 bridgehead atoms. The van der Waals surface area contributed by atoms with Crippen molar-refractivity contribution in [2.24, 2.45) is 0 Å². The first-order chi connectivity index (χ1) is 20.3. The molecule has 4 aromatic rings. The summed E-state index contributed by atoms with van der Waals surface area (Å²) in [6.07, 6.45) is 3.36. The number of ether oxygens (including phenoxy) is 4. The number of carbonyl (C=O) groups is 2. The summed E-state index contributed by atoms with van der Waals surface area (Å²) in [7, 11) is 9.13. The van der Waals surface area contributed by atoms with Crippen LogP contribution in [0.5, 0.6) is 11.5 Å². The predicted octanol–water partition coefficient (Wildman–Crippen LogP) is 5.13. The highest BCUT2D eigenvalue weighted by Crippen LogP contribution is 2.50. The molecular weight excluding hydrogens is 576 g/mol. The fourth-order valence-corrected chi connectivity index (χ4v) is 7.06. The van der Waals surface area contributed by atoms with Gasteiger partial charge >= 0.3 is 0 Å². The summed E-state index contributed by atoms with van der Waals surface area (Å²) < 4.78 is 21.8. The van der Waals surface area contributed by atoms with Gasteiger partial charge in [0, 0.05) is 49.5 Å². The number of amides is 2. The van der Waals surface area contributed by atoms with Crippen LogP contribution in [0.4, 0.5) is 0 Å². The lowest BCUT2D eigenvalue weighted by atomic mass is 10.1. The van der Waals surface area contributed by atoms with E-state index in [2.05, 4.69) is 20.6 Å². The number of fused-ring (bicyclic) bond motifs is 2. The quantitative estimate of drug-likeness (QED) is 0.197. The molecule has 10 nitrogen and oxygen atoms in total. The van der Waals surface area contributed by atoms with Crippen molar-refractivity contribution in [1.29, 1.82) is 0 Å². The second kappa shape index (κ2) is 14.5. The van der Waals surface area contributed by atoms with Gasteiger partial charge in [-0.05, 0) is 59.7 Å². The van der Waals surface area contributed by atoms with Gasteiger partial charge in [-0.3, -0.25) is 19.6 Å². The average Bonchev–Trinajstić information content (AvgIpc) is 2.99. The van der Waals surface area contributed by atoms with Crippen molar-refractivity contribution in [3.8, 4) is 11.5 Å². The van der Waals surface area contributed by atoms with Crippen molar-refractivity contribution in [1.82, 2.24) is 20.6 Å². The number of nitrogens with one attached hydrogen (secondary N) is 2. The smallest absolute Gasteiger partial charge is 0.252 e. The summed E-state index contributed by atoms with van der Waals surface area (Å²) in [4.78, 5) is 37.1. The molecule has 2 amide bonds. The number of nitrogens with zero attached hydrogens (tertiary/aromatic N) is 2. The van der Waals surface area contributed by atoms with Crippen LogP contribution in [0, 0.1) is 0 Å². The Morgan fingerprint density at radius 3 is 1.50 bits per heavy atom. The van der Waals surface area contributed by atoms with Gasteiger partial charge < -0.3 is 29.6 Å². The lowest BCUT2D eigenvalue weighted by molar-refractivity contribution is 0.0899. The predicted molar refractivity (Wildman–Crippen MR) is 166 cm³/mol. The van der Waals surface area contributed by atoms with Crippen molar-refractivity contribution in [2.75, 3.05) is 41.7 Å². The molecule has 2 heterocycles. The molecule has 2 aromatic heterocycles. The molecule has 2 unspecified atom stereocenters. The zero-order chi connectivity index (χ0) is 30.2. The number of pyridine rings is 2. The highest BCUT2D eigenvalue weighted by atomic mass is 33.1. The van der Waals surface area contributed by atoms with Crippen molar-refractivity contribution in [3.05, 3.63) is 59.9 Å². The fraction of sp³-hybridized carbons (Fsp3) is 0.333. The van der Waals surface area contributed by atoms with Crippen molar-refractivity contribution >= 4 is 55.2 Å². The first-order valence-electron chi connectivity index (χ1n) is 13.2. The minimum Gasteiger partial charge on any atom is -0.495 e. The van der Waals surface area contributed by atoms with Gasteiger partial charge in [-0.25, -0.2) is 0 Å². The summed E-state index contributed by atoms with van der Waals surface area (Å²) >= 11 is 0. The normalized spacial score (nSPS) is 12.6. The third-order valence-electron chi connectivity index (χ3n) is 6.35. The minimum atomic E-state index is -0.245. The van der Waals surface area contributed by atoms with Crippen LogP contribution in [0.2, 0.25) is 0 Å². The van der Waals surface area contributed by atoms with Crippen LogP contribution in [0.15, 0.2) is 58.6 Å². The molecule has 0 spiro atoms. The first kappa shape index (κ1) is 31.4. The van der Waals surface area contributed by atoms with E-state index in [0.717, 1.165) is 9.79 Å². The summed E-state index contributed by atoms with van der Waals surface area (Å²) in [6.45, 7) is 4.53. The van der Waals surface area contributed by atoms with Crippen LogP contribution in [-0.2, 0) is 9.47 Å². The molecule has 0 saturated carbocycles. The van der Waals surface area contributed by atoms with E-state index >= 15 is 0 Å². The number of hydrogen-bond acceptors (Lipinski definition) is 10. The Kier molecular flexibility index (Phi) is 10.9. The second-order valence-corrected chi connectivity index (χ2v) is 11.7. The van der Waals surface area contributed by atoms with Gasteiger partial charge in [0.15, 0.2) is 0 Å². The van der Waals surface area contributed by atoms with E-state index in [0.29, 0.717) is 57.6 Å². The zero-order valence-corrected chi connectivity index (χ0v) is 26.0. The molecular formula is C30H34N4O6S2. The maximum Gasteiger partial charge on any atom is 0.252 e. The summed E-state index contributed by atoms with van der Waals surface area (Å²) in [5, 5.41) is 7.31. The molecule has 2 N–H and O–H groups in total. The van der Waals surface area contributed by atoms with Gasteiger partial charge in [0.2, 0.25) is 0 Å². The van der Waals surface area contributed by atoms with Gasteiger partial charge in [0.25, 0.3) is 11.8 Å². The van der Waals surface area contributed by atoms with Gasteiger partial charge in [-0.15, -0.1) is 0 Å². The van der Waals surface area contributed by atoms with E-state index in [9.17, 15) is 9.59 Å². The lowest BCUT2D eigenvalue weighted by Gasteiger charge is -2.18. The van der Waals surface area contributed by atoms with Crippen LogP contribution >= 0.6 is 21.6 Å². The van der Waals surface area contributed by atoms with E-state index in [1.54, 1.807) is 65.1 Å². The molecule has 0 aliphatic carbocycles. The van der Waals surface area contributed by atoms with Gasteiger partial charge in [0.1, 0.15) is 11.5 Å². The number of rotatable bonds is 13. The fourth-order valence-electron chi connectivity index (χ4n) is 4.50. The van der Waals surface area contributed by atoms with Crippen LogP contribution in [-0.4, -0.2) is 75.5 Å². The number of carbonyl (C=O) groups excluding carboxylic acids is 2. The number of aromatic nitrogens is 2. The van der Waals surface area contributed by atoms with Crippen LogP contribution in [0.3, 0.4) is 0 Å². The molecule has 2 atom stereocenters. The molecule has 2 aromatic carbocycles. The van der Waals surface area contributed by atoms with Crippen molar-refractivity contribution in [3.63, 3.8) is 0 Å². The minimum absolute atomic E-state index is 0.175. The molecule has 0 aliphatic rings. The summed E-state index contributed by atoms with van der Waals surface area (Å²) in [6, 6.07) is 10.4. The molecule has 0 radical (unpaired) electrons. The molecule has 4 rings (SSSR count). The SMILES string of the molecule is COCC(C)NC(=O)c1cc(OC)c(SSc2c(OC)cc(C(=O)NC(C)COC)c3cccnc23)c2ncccc12. The topological polar surface area (TPSA) is 121 Å². The highest BCUT2D eigenvalue weighted by Gasteiger charge is 2.23. The van der Waals surface area contributed by atoms with Crippen LogP contribution in [0.1, 0.15) is 34.6 Å². The average molecular weight is 611 g/mol. The molecule has 0 saturated heterocycles. The Labute approximate surface area is 252 Å². The summed E-state index contributed by atoms with van der Waals surface area (Å²) in [5.74, 6) is 0.515. The third kappa shape index (κ3) is 6.89. The molecule has 0 aliphatic heterocycles.